The average molecular weight is 319 g/mol. The molecule has 0 amide bonds. The Morgan fingerprint density at radius 2 is 1.91 bits per heavy atom. The highest BCUT2D eigenvalue weighted by Gasteiger charge is 2.54. The lowest BCUT2D eigenvalue weighted by atomic mass is 9.85. The van der Waals surface area contributed by atoms with Crippen LogP contribution in [0.5, 0.6) is 5.88 Å². The van der Waals surface area contributed by atoms with Gasteiger partial charge in [-0.2, -0.15) is 0 Å². The van der Waals surface area contributed by atoms with Crippen LogP contribution in [0, 0.1) is 5.41 Å². The number of hydrogen-bond acceptors (Lipinski definition) is 4. The van der Waals surface area contributed by atoms with Crippen molar-refractivity contribution in [2.45, 2.75) is 51.7 Å². The van der Waals surface area contributed by atoms with Gasteiger partial charge in [0.05, 0.1) is 17.8 Å². The summed E-state index contributed by atoms with van der Waals surface area (Å²) in [5, 5.41) is 0. The predicted molar refractivity (Wildman–Crippen MR) is 86.7 cm³/mol. The predicted octanol–water partition coefficient (Wildman–Crippen LogP) is 3.73. The number of aromatic nitrogens is 1. The molecule has 1 aromatic rings. The molecule has 0 bridgehead atoms. The molecule has 1 aliphatic carbocycles. The van der Waals surface area contributed by atoms with Crippen molar-refractivity contribution < 1.29 is 18.4 Å². The lowest BCUT2D eigenvalue weighted by Crippen LogP contribution is -2.41. The van der Waals surface area contributed by atoms with E-state index in [2.05, 4.69) is 4.98 Å². The van der Waals surface area contributed by atoms with E-state index in [0.29, 0.717) is 12.5 Å². The van der Waals surface area contributed by atoms with Crippen LogP contribution in [0.2, 0.25) is 0 Å². The van der Waals surface area contributed by atoms with Gasteiger partial charge in [-0.15, -0.1) is 0 Å². The third-order valence-electron chi connectivity index (χ3n) is 4.96. The molecule has 0 aromatic carbocycles. The molecule has 6 heteroatoms. The standard InChI is InChI=1S/C17H23BFNO3/c1-15(2)16(3,4)23-18(22-15)13(19)11-17(8-9-17)12-21-14-7-5-6-10-20-14/h5-7,10-11H,8-9,12H2,1-4H3. The van der Waals surface area contributed by atoms with Crippen LogP contribution in [0.1, 0.15) is 40.5 Å². The minimum atomic E-state index is -0.938. The Kier molecular flexibility index (Phi) is 4.01. The minimum Gasteiger partial charge on any atom is -0.477 e. The van der Waals surface area contributed by atoms with Crippen LogP contribution >= 0.6 is 0 Å². The number of ether oxygens (including phenoxy) is 1. The van der Waals surface area contributed by atoms with Crippen molar-refractivity contribution in [3.05, 3.63) is 36.2 Å². The second kappa shape index (κ2) is 5.60. The van der Waals surface area contributed by atoms with Crippen LogP contribution in [0.3, 0.4) is 0 Å². The number of halogens is 1. The van der Waals surface area contributed by atoms with Crippen LogP contribution < -0.4 is 4.74 Å². The van der Waals surface area contributed by atoms with E-state index in [-0.39, 0.29) is 11.1 Å². The van der Waals surface area contributed by atoms with Crippen molar-refractivity contribution in [1.29, 1.82) is 0 Å². The molecular formula is C17H23BFNO3. The molecule has 1 aliphatic heterocycles. The average Bonchev–Trinajstić information content (AvgIpc) is 3.20. The van der Waals surface area contributed by atoms with Crippen molar-refractivity contribution in [2.75, 3.05) is 6.61 Å². The fourth-order valence-corrected chi connectivity index (χ4v) is 2.46. The van der Waals surface area contributed by atoms with Gasteiger partial charge in [0, 0.05) is 17.7 Å². The molecular weight excluding hydrogens is 296 g/mol. The maximum atomic E-state index is 14.6. The van der Waals surface area contributed by atoms with Gasteiger partial charge in [-0.25, -0.2) is 9.37 Å². The molecule has 1 saturated carbocycles. The molecule has 0 radical (unpaired) electrons. The van der Waals surface area contributed by atoms with Crippen molar-refractivity contribution in [3.8, 4) is 5.88 Å². The molecule has 2 aliphatic rings. The monoisotopic (exact) mass is 319 g/mol. The fourth-order valence-electron chi connectivity index (χ4n) is 2.46. The Bertz CT molecular complexity index is 583. The van der Waals surface area contributed by atoms with Gasteiger partial charge in [0.2, 0.25) is 5.88 Å². The summed E-state index contributed by atoms with van der Waals surface area (Å²) in [6.07, 6.45) is 5.08. The van der Waals surface area contributed by atoms with Gasteiger partial charge in [-0.1, -0.05) is 6.07 Å². The van der Waals surface area contributed by atoms with Crippen LogP contribution in [0.15, 0.2) is 36.2 Å². The summed E-state index contributed by atoms with van der Waals surface area (Å²) in [6, 6.07) is 5.49. The second-order valence-electron chi connectivity index (χ2n) is 7.44. The van der Waals surface area contributed by atoms with Gasteiger partial charge in [0.1, 0.15) is 5.73 Å². The third kappa shape index (κ3) is 3.43. The van der Waals surface area contributed by atoms with Crippen molar-refractivity contribution in [1.82, 2.24) is 4.98 Å². The molecule has 0 atom stereocenters. The van der Waals surface area contributed by atoms with Gasteiger partial charge >= 0.3 is 7.12 Å². The molecule has 124 valence electrons. The van der Waals surface area contributed by atoms with E-state index in [1.165, 1.54) is 0 Å². The highest BCUT2D eigenvalue weighted by molar-refractivity contribution is 6.53. The van der Waals surface area contributed by atoms with E-state index in [4.69, 9.17) is 14.0 Å². The van der Waals surface area contributed by atoms with E-state index >= 15 is 0 Å². The minimum absolute atomic E-state index is 0.273. The van der Waals surface area contributed by atoms with Crippen LogP contribution in [-0.4, -0.2) is 29.9 Å². The van der Waals surface area contributed by atoms with E-state index in [0.717, 1.165) is 12.8 Å². The van der Waals surface area contributed by atoms with E-state index < -0.39 is 18.3 Å². The Morgan fingerprint density at radius 1 is 1.26 bits per heavy atom. The van der Waals surface area contributed by atoms with Crippen molar-refractivity contribution >= 4 is 7.12 Å². The van der Waals surface area contributed by atoms with Crippen LogP contribution in [0.25, 0.3) is 0 Å². The molecule has 1 saturated heterocycles. The van der Waals surface area contributed by atoms with Crippen LogP contribution in [-0.2, 0) is 9.31 Å². The summed E-state index contributed by atoms with van der Waals surface area (Å²) in [7, 11) is -0.938. The Morgan fingerprint density at radius 3 is 2.43 bits per heavy atom. The molecule has 2 heterocycles. The van der Waals surface area contributed by atoms with Crippen LogP contribution in [0.4, 0.5) is 4.39 Å². The summed E-state index contributed by atoms with van der Waals surface area (Å²) in [5.74, 6) is 0.559. The van der Waals surface area contributed by atoms with E-state index in [1.807, 2.05) is 39.8 Å². The van der Waals surface area contributed by atoms with Crippen molar-refractivity contribution in [3.63, 3.8) is 0 Å². The van der Waals surface area contributed by atoms with Crippen molar-refractivity contribution in [2.24, 2.45) is 5.41 Å². The molecule has 0 N–H and O–H groups in total. The smallest absolute Gasteiger partial charge is 0.477 e. The highest BCUT2D eigenvalue weighted by Crippen LogP contribution is 2.49. The third-order valence-corrected chi connectivity index (χ3v) is 4.96. The van der Waals surface area contributed by atoms with E-state index in [1.54, 1.807) is 18.3 Å². The maximum Gasteiger partial charge on any atom is 0.524 e. The summed E-state index contributed by atoms with van der Waals surface area (Å²) in [5.41, 5.74) is -1.72. The highest BCUT2D eigenvalue weighted by atomic mass is 19.1. The van der Waals surface area contributed by atoms with Gasteiger partial charge in [-0.3, -0.25) is 0 Å². The normalized spacial score (nSPS) is 24.6. The molecule has 0 unspecified atom stereocenters. The maximum absolute atomic E-state index is 14.6. The number of hydrogen-bond donors (Lipinski definition) is 0. The lowest BCUT2D eigenvalue weighted by molar-refractivity contribution is 0.00578. The summed E-state index contributed by atoms with van der Waals surface area (Å²) in [4.78, 5) is 4.12. The van der Waals surface area contributed by atoms with E-state index in [9.17, 15) is 4.39 Å². The molecule has 2 fully saturated rings. The number of pyridine rings is 1. The van der Waals surface area contributed by atoms with Gasteiger partial charge in [0.15, 0.2) is 0 Å². The first kappa shape index (κ1) is 16.5. The lowest BCUT2D eigenvalue weighted by Gasteiger charge is -2.32. The summed E-state index contributed by atoms with van der Waals surface area (Å²) in [6.45, 7) is 8.07. The summed E-state index contributed by atoms with van der Waals surface area (Å²) >= 11 is 0. The topological polar surface area (TPSA) is 40.6 Å². The zero-order valence-electron chi connectivity index (χ0n) is 14.1. The fraction of sp³-hybridized carbons (Fsp3) is 0.588. The zero-order chi connectivity index (χ0) is 16.7. The second-order valence-corrected chi connectivity index (χ2v) is 7.44. The molecule has 4 nitrogen and oxygen atoms in total. The first-order valence-electron chi connectivity index (χ1n) is 8.01. The molecule has 0 spiro atoms. The number of nitrogens with zero attached hydrogens (tertiary/aromatic N) is 1. The molecule has 1 aromatic heterocycles. The first-order chi connectivity index (χ1) is 10.7. The Labute approximate surface area is 137 Å². The van der Waals surface area contributed by atoms with Gasteiger partial charge in [0.25, 0.3) is 0 Å². The molecule has 3 rings (SSSR count). The molecule has 23 heavy (non-hydrogen) atoms. The van der Waals surface area contributed by atoms with Gasteiger partial charge < -0.3 is 14.0 Å². The first-order valence-corrected chi connectivity index (χ1v) is 8.01. The zero-order valence-corrected chi connectivity index (χ0v) is 14.1. The summed E-state index contributed by atoms with van der Waals surface area (Å²) < 4.78 is 31.8. The number of rotatable bonds is 5. The SMILES string of the molecule is CC1(C)OB(C(F)=CC2(COc3ccccn3)CC2)OC1(C)C. The largest absolute Gasteiger partial charge is 0.524 e. The van der Waals surface area contributed by atoms with Gasteiger partial charge in [-0.05, 0) is 52.7 Å². The Hall–Kier alpha value is -1.40. The Balaban J connectivity index is 1.64. The quantitative estimate of drug-likeness (QED) is 0.776.